The maximum atomic E-state index is 12.7. The number of carbonyl (C=O) groups is 1. The number of nitrogens with one attached hydrogen (secondary N) is 1. The Morgan fingerprint density at radius 3 is 2.73 bits per heavy atom. The fourth-order valence-electron chi connectivity index (χ4n) is 3.64. The molecule has 26 heavy (non-hydrogen) atoms. The Labute approximate surface area is 166 Å². The van der Waals surface area contributed by atoms with Crippen molar-refractivity contribution in [3.63, 3.8) is 0 Å². The van der Waals surface area contributed by atoms with Crippen molar-refractivity contribution in [3.8, 4) is 0 Å². The second-order valence-electron chi connectivity index (χ2n) is 6.94. The zero-order valence-corrected chi connectivity index (χ0v) is 17.3. The van der Waals surface area contributed by atoms with E-state index in [0.717, 1.165) is 19.3 Å². The van der Waals surface area contributed by atoms with E-state index < -0.39 is 0 Å². The predicted molar refractivity (Wildman–Crippen MR) is 111 cm³/mol. The van der Waals surface area contributed by atoms with E-state index >= 15 is 0 Å². The molecule has 0 radical (unpaired) electrons. The number of fused-ring (bicyclic) bond motifs is 1. The highest BCUT2D eigenvalue weighted by atomic mass is 35.5. The topological polar surface area (TPSA) is 35.6 Å². The lowest BCUT2D eigenvalue weighted by Gasteiger charge is -2.34. The van der Waals surface area contributed by atoms with Crippen LogP contribution in [0.25, 0.3) is 0 Å². The number of nitrogens with zero attached hydrogens (tertiary/aromatic N) is 2. The number of hydrogen-bond donors (Lipinski definition) is 1. The first-order chi connectivity index (χ1) is 12.1. The second kappa shape index (κ2) is 9.40. The summed E-state index contributed by atoms with van der Waals surface area (Å²) in [7, 11) is 6.02. The molecule has 1 aromatic carbocycles. The summed E-state index contributed by atoms with van der Waals surface area (Å²) in [6, 6.07) is 11.0. The van der Waals surface area contributed by atoms with Crippen LogP contribution < -0.4 is 5.32 Å². The number of benzene rings is 1. The largest absolute Gasteiger partial charge is 0.336 e. The van der Waals surface area contributed by atoms with Crippen molar-refractivity contribution in [2.45, 2.75) is 31.3 Å². The van der Waals surface area contributed by atoms with Gasteiger partial charge in [0.25, 0.3) is 0 Å². The molecule has 2 atom stereocenters. The SMILES string of the molecule is CN(C)C(CNC(=O)N(C)C1CCCc2ccccc21)c1ccsc1.Cl. The van der Waals surface area contributed by atoms with Gasteiger partial charge in [0, 0.05) is 13.6 Å². The average Bonchev–Trinajstić information content (AvgIpc) is 3.14. The lowest BCUT2D eigenvalue weighted by Crippen LogP contribution is -2.43. The van der Waals surface area contributed by atoms with E-state index in [4.69, 9.17) is 0 Å². The summed E-state index contributed by atoms with van der Waals surface area (Å²) in [5.41, 5.74) is 3.93. The van der Waals surface area contributed by atoms with Gasteiger partial charge in [-0.25, -0.2) is 4.79 Å². The molecule has 0 spiro atoms. The summed E-state index contributed by atoms with van der Waals surface area (Å²) in [6.07, 6.45) is 3.28. The van der Waals surface area contributed by atoms with Crippen LogP contribution in [-0.4, -0.2) is 43.5 Å². The second-order valence-corrected chi connectivity index (χ2v) is 7.72. The van der Waals surface area contributed by atoms with Gasteiger partial charge in [0.05, 0.1) is 12.1 Å². The number of hydrogen-bond acceptors (Lipinski definition) is 3. The van der Waals surface area contributed by atoms with Crippen LogP contribution >= 0.6 is 23.7 Å². The first-order valence-corrected chi connectivity index (χ1v) is 9.79. The van der Waals surface area contributed by atoms with Gasteiger partial charge in [-0.3, -0.25) is 0 Å². The van der Waals surface area contributed by atoms with Gasteiger partial charge in [-0.05, 0) is 66.9 Å². The average molecular weight is 394 g/mol. The molecule has 2 unspecified atom stereocenters. The molecule has 1 aliphatic carbocycles. The summed E-state index contributed by atoms with van der Waals surface area (Å²) in [5.74, 6) is 0. The van der Waals surface area contributed by atoms with Crippen LogP contribution in [-0.2, 0) is 6.42 Å². The first-order valence-electron chi connectivity index (χ1n) is 8.85. The van der Waals surface area contributed by atoms with Gasteiger partial charge in [0.15, 0.2) is 0 Å². The Kier molecular flexibility index (Phi) is 7.50. The number of halogens is 1. The molecule has 6 heteroatoms. The molecule has 0 saturated heterocycles. The summed E-state index contributed by atoms with van der Waals surface area (Å²) >= 11 is 1.69. The Morgan fingerprint density at radius 1 is 1.27 bits per heavy atom. The normalized spacial score (nSPS) is 17.2. The monoisotopic (exact) mass is 393 g/mol. The molecule has 0 aliphatic heterocycles. The molecule has 1 aliphatic rings. The summed E-state index contributed by atoms with van der Waals surface area (Å²) in [5, 5.41) is 7.36. The zero-order valence-electron chi connectivity index (χ0n) is 15.6. The van der Waals surface area contributed by atoms with Crippen molar-refractivity contribution in [3.05, 3.63) is 57.8 Å². The summed E-state index contributed by atoms with van der Waals surface area (Å²) in [6.45, 7) is 0.612. The van der Waals surface area contributed by atoms with Gasteiger partial charge in [0.2, 0.25) is 0 Å². The van der Waals surface area contributed by atoms with Crippen molar-refractivity contribution in [2.75, 3.05) is 27.7 Å². The van der Waals surface area contributed by atoms with Crippen molar-refractivity contribution in [2.24, 2.45) is 0 Å². The molecule has 2 amide bonds. The number of rotatable bonds is 5. The smallest absolute Gasteiger partial charge is 0.317 e. The number of urea groups is 1. The number of likely N-dealkylation sites (N-methyl/N-ethyl adjacent to an activating group) is 1. The third-order valence-corrected chi connectivity index (χ3v) is 5.83. The van der Waals surface area contributed by atoms with Crippen molar-refractivity contribution in [1.29, 1.82) is 0 Å². The van der Waals surface area contributed by atoms with Gasteiger partial charge in [-0.2, -0.15) is 11.3 Å². The van der Waals surface area contributed by atoms with E-state index in [1.54, 1.807) is 11.3 Å². The predicted octanol–water partition coefficient (Wildman–Crippen LogP) is 4.49. The maximum Gasteiger partial charge on any atom is 0.317 e. The quantitative estimate of drug-likeness (QED) is 0.812. The van der Waals surface area contributed by atoms with Crippen molar-refractivity contribution >= 4 is 29.8 Å². The van der Waals surface area contributed by atoms with E-state index in [9.17, 15) is 4.79 Å². The number of amides is 2. The Hall–Kier alpha value is -1.56. The minimum absolute atomic E-state index is 0. The Bertz CT molecular complexity index is 705. The maximum absolute atomic E-state index is 12.7. The minimum atomic E-state index is 0. The van der Waals surface area contributed by atoms with Gasteiger partial charge >= 0.3 is 6.03 Å². The highest BCUT2D eigenvalue weighted by Gasteiger charge is 2.27. The molecule has 1 N–H and O–H groups in total. The van der Waals surface area contributed by atoms with E-state index in [0.29, 0.717) is 6.54 Å². The fraction of sp³-hybridized carbons (Fsp3) is 0.450. The van der Waals surface area contributed by atoms with Gasteiger partial charge in [-0.1, -0.05) is 24.3 Å². The van der Waals surface area contributed by atoms with Crippen molar-refractivity contribution in [1.82, 2.24) is 15.1 Å². The van der Waals surface area contributed by atoms with E-state index in [2.05, 4.69) is 65.4 Å². The molecule has 2 aromatic rings. The lowest BCUT2D eigenvalue weighted by atomic mass is 9.87. The van der Waals surface area contributed by atoms with Crippen molar-refractivity contribution < 1.29 is 4.79 Å². The molecule has 0 fully saturated rings. The Balaban J connectivity index is 0.00000243. The molecule has 1 heterocycles. The Morgan fingerprint density at radius 2 is 2.04 bits per heavy atom. The molecular weight excluding hydrogens is 366 g/mol. The highest BCUT2D eigenvalue weighted by molar-refractivity contribution is 7.07. The number of thiophene rings is 1. The molecule has 1 aromatic heterocycles. The third-order valence-electron chi connectivity index (χ3n) is 5.12. The molecule has 0 saturated carbocycles. The number of carbonyl (C=O) groups excluding carboxylic acids is 1. The first kappa shape index (κ1) is 20.7. The van der Waals surface area contributed by atoms with Crippen LogP contribution in [0.15, 0.2) is 41.1 Å². The van der Waals surface area contributed by atoms with E-state index in [1.807, 2.05) is 11.9 Å². The van der Waals surface area contributed by atoms with Crippen LogP contribution in [0.2, 0.25) is 0 Å². The van der Waals surface area contributed by atoms with E-state index in [1.165, 1.54) is 16.7 Å². The summed E-state index contributed by atoms with van der Waals surface area (Å²) < 4.78 is 0. The highest BCUT2D eigenvalue weighted by Crippen LogP contribution is 2.33. The van der Waals surface area contributed by atoms with Gasteiger partial charge < -0.3 is 15.1 Å². The third kappa shape index (κ3) is 4.58. The van der Waals surface area contributed by atoms with Gasteiger partial charge in [0.1, 0.15) is 0 Å². The van der Waals surface area contributed by atoms with Crippen LogP contribution in [0.5, 0.6) is 0 Å². The van der Waals surface area contributed by atoms with Crippen LogP contribution in [0, 0.1) is 0 Å². The fourth-order valence-corrected chi connectivity index (χ4v) is 4.35. The van der Waals surface area contributed by atoms with Crippen LogP contribution in [0.4, 0.5) is 4.79 Å². The number of aryl methyl sites for hydroxylation is 1. The standard InChI is InChI=1S/C20H27N3OS.ClH/c1-22(2)19(16-11-12-25-14-16)13-21-20(24)23(3)18-10-6-8-15-7-4-5-9-17(15)18;/h4-5,7,9,11-12,14,18-19H,6,8,10,13H2,1-3H3,(H,21,24);1H. The van der Waals surface area contributed by atoms with Crippen LogP contribution in [0.3, 0.4) is 0 Å². The molecule has 142 valence electrons. The minimum Gasteiger partial charge on any atom is -0.336 e. The molecule has 4 nitrogen and oxygen atoms in total. The zero-order chi connectivity index (χ0) is 17.8. The van der Waals surface area contributed by atoms with Crippen LogP contribution in [0.1, 0.15) is 41.6 Å². The molecular formula is C20H28ClN3OS. The van der Waals surface area contributed by atoms with E-state index in [-0.39, 0.29) is 30.5 Å². The molecule has 0 bridgehead atoms. The lowest BCUT2D eigenvalue weighted by molar-refractivity contribution is 0.179. The molecule has 3 rings (SSSR count). The van der Waals surface area contributed by atoms with Gasteiger partial charge in [-0.15, -0.1) is 12.4 Å². The summed E-state index contributed by atoms with van der Waals surface area (Å²) in [4.78, 5) is 16.8.